The van der Waals surface area contributed by atoms with Gasteiger partial charge in [-0.05, 0) is 39.5 Å². The Morgan fingerprint density at radius 2 is 1.94 bits per heavy atom. The molecule has 3 N–H and O–H groups in total. The SMILES string of the molecule is CC1(NC(=O)C2(C)CCCC2N)CCOCC1. The van der Waals surface area contributed by atoms with Crippen molar-refractivity contribution in [2.45, 2.75) is 57.5 Å². The van der Waals surface area contributed by atoms with Crippen LogP contribution in [0.3, 0.4) is 0 Å². The Hall–Kier alpha value is -0.610. The number of amides is 1. The molecule has 2 fully saturated rings. The van der Waals surface area contributed by atoms with Crippen molar-refractivity contribution >= 4 is 5.91 Å². The predicted molar refractivity (Wildman–Crippen MR) is 66.5 cm³/mol. The van der Waals surface area contributed by atoms with E-state index in [1.807, 2.05) is 6.92 Å². The molecule has 17 heavy (non-hydrogen) atoms. The van der Waals surface area contributed by atoms with E-state index in [-0.39, 0.29) is 22.9 Å². The van der Waals surface area contributed by atoms with E-state index in [1.165, 1.54) is 0 Å². The number of nitrogens with one attached hydrogen (secondary N) is 1. The lowest BCUT2D eigenvalue weighted by Crippen LogP contribution is -2.56. The molecule has 0 spiro atoms. The largest absolute Gasteiger partial charge is 0.381 e. The predicted octanol–water partition coefficient (Wildman–Crippen LogP) is 1.19. The third kappa shape index (κ3) is 2.47. The average Bonchev–Trinajstić information content (AvgIpc) is 2.61. The van der Waals surface area contributed by atoms with Gasteiger partial charge in [-0.2, -0.15) is 0 Å². The third-order valence-electron chi connectivity index (χ3n) is 4.56. The number of hydrogen-bond donors (Lipinski definition) is 2. The van der Waals surface area contributed by atoms with Crippen LogP contribution in [0.4, 0.5) is 0 Å². The fourth-order valence-electron chi connectivity index (χ4n) is 2.84. The van der Waals surface area contributed by atoms with Crippen molar-refractivity contribution in [2.75, 3.05) is 13.2 Å². The van der Waals surface area contributed by atoms with Crippen LogP contribution in [0.1, 0.15) is 46.0 Å². The Bertz CT molecular complexity index is 300. The second-order valence-electron chi connectivity index (χ2n) is 6.04. The second kappa shape index (κ2) is 4.58. The molecule has 4 nitrogen and oxygen atoms in total. The van der Waals surface area contributed by atoms with E-state index in [0.717, 1.165) is 45.3 Å². The molecule has 98 valence electrons. The van der Waals surface area contributed by atoms with Gasteiger partial charge < -0.3 is 15.8 Å². The quantitative estimate of drug-likeness (QED) is 0.762. The molecular weight excluding hydrogens is 216 g/mol. The van der Waals surface area contributed by atoms with Crippen LogP contribution in [0.15, 0.2) is 0 Å². The van der Waals surface area contributed by atoms with Crippen LogP contribution in [0.25, 0.3) is 0 Å². The second-order valence-corrected chi connectivity index (χ2v) is 6.04. The molecule has 0 aromatic rings. The number of nitrogens with two attached hydrogens (primary N) is 1. The summed E-state index contributed by atoms with van der Waals surface area (Å²) in [6, 6.07) is 0.00550. The molecule has 1 aliphatic carbocycles. The van der Waals surface area contributed by atoms with Crippen LogP contribution in [0, 0.1) is 5.41 Å². The summed E-state index contributed by atoms with van der Waals surface area (Å²) >= 11 is 0. The Morgan fingerprint density at radius 1 is 1.29 bits per heavy atom. The number of carbonyl (C=O) groups is 1. The summed E-state index contributed by atoms with van der Waals surface area (Å²) in [7, 11) is 0. The van der Waals surface area contributed by atoms with Gasteiger partial charge in [-0.25, -0.2) is 0 Å². The lowest BCUT2D eigenvalue weighted by Gasteiger charge is -2.38. The van der Waals surface area contributed by atoms with Crippen LogP contribution in [0.5, 0.6) is 0 Å². The van der Waals surface area contributed by atoms with Crippen molar-refractivity contribution in [3.63, 3.8) is 0 Å². The van der Waals surface area contributed by atoms with Gasteiger partial charge in [0.1, 0.15) is 0 Å². The van der Waals surface area contributed by atoms with Crippen molar-refractivity contribution in [1.82, 2.24) is 5.32 Å². The van der Waals surface area contributed by atoms with Crippen molar-refractivity contribution in [3.8, 4) is 0 Å². The van der Waals surface area contributed by atoms with Gasteiger partial charge in [0.05, 0.1) is 5.41 Å². The number of carbonyl (C=O) groups excluding carboxylic acids is 1. The van der Waals surface area contributed by atoms with Gasteiger partial charge in [0.15, 0.2) is 0 Å². The van der Waals surface area contributed by atoms with Gasteiger partial charge in [-0.15, -0.1) is 0 Å². The van der Waals surface area contributed by atoms with Gasteiger partial charge in [0.25, 0.3) is 0 Å². The molecule has 2 rings (SSSR count). The Labute approximate surface area is 103 Å². The molecule has 1 amide bonds. The van der Waals surface area contributed by atoms with Crippen molar-refractivity contribution in [1.29, 1.82) is 0 Å². The van der Waals surface area contributed by atoms with Crippen LogP contribution >= 0.6 is 0 Å². The van der Waals surface area contributed by atoms with E-state index in [2.05, 4.69) is 12.2 Å². The maximum absolute atomic E-state index is 12.4. The van der Waals surface area contributed by atoms with Crippen molar-refractivity contribution in [2.24, 2.45) is 11.1 Å². The molecule has 1 saturated carbocycles. The topological polar surface area (TPSA) is 64.4 Å². The fraction of sp³-hybridized carbons (Fsp3) is 0.923. The molecule has 1 aliphatic heterocycles. The number of hydrogen-bond acceptors (Lipinski definition) is 3. The summed E-state index contributed by atoms with van der Waals surface area (Å²) < 4.78 is 5.34. The van der Waals surface area contributed by atoms with E-state index >= 15 is 0 Å². The first-order chi connectivity index (χ1) is 7.96. The molecule has 1 saturated heterocycles. The fourth-order valence-corrected chi connectivity index (χ4v) is 2.84. The zero-order chi connectivity index (χ0) is 12.5. The normalized spacial score (nSPS) is 36.8. The molecule has 0 bridgehead atoms. The minimum atomic E-state index is -0.374. The van der Waals surface area contributed by atoms with Crippen LogP contribution in [-0.4, -0.2) is 30.7 Å². The first kappa shape index (κ1) is 12.8. The van der Waals surface area contributed by atoms with Crippen molar-refractivity contribution < 1.29 is 9.53 Å². The highest BCUT2D eigenvalue weighted by Gasteiger charge is 2.45. The van der Waals surface area contributed by atoms with E-state index in [4.69, 9.17) is 10.5 Å². The van der Waals surface area contributed by atoms with Crippen LogP contribution in [0.2, 0.25) is 0 Å². The molecule has 0 aromatic carbocycles. The smallest absolute Gasteiger partial charge is 0.227 e. The average molecular weight is 240 g/mol. The third-order valence-corrected chi connectivity index (χ3v) is 4.56. The summed E-state index contributed by atoms with van der Waals surface area (Å²) in [5.74, 6) is 0.131. The van der Waals surface area contributed by atoms with Gasteiger partial charge >= 0.3 is 0 Å². The lowest BCUT2D eigenvalue weighted by molar-refractivity contribution is -0.133. The summed E-state index contributed by atoms with van der Waals surface area (Å²) in [6.45, 7) is 5.58. The van der Waals surface area contributed by atoms with Gasteiger partial charge in [0, 0.05) is 24.8 Å². The Kier molecular flexibility index (Phi) is 3.46. The van der Waals surface area contributed by atoms with Gasteiger partial charge in [0.2, 0.25) is 5.91 Å². The van der Waals surface area contributed by atoms with E-state index in [1.54, 1.807) is 0 Å². The first-order valence-corrected chi connectivity index (χ1v) is 6.62. The highest BCUT2D eigenvalue weighted by atomic mass is 16.5. The monoisotopic (exact) mass is 240 g/mol. The molecule has 1 heterocycles. The zero-order valence-corrected chi connectivity index (χ0v) is 10.9. The minimum Gasteiger partial charge on any atom is -0.381 e. The lowest BCUT2D eigenvalue weighted by atomic mass is 9.82. The summed E-state index contributed by atoms with van der Waals surface area (Å²) in [6.07, 6.45) is 4.72. The highest BCUT2D eigenvalue weighted by molar-refractivity contribution is 5.84. The van der Waals surface area contributed by atoms with E-state index in [0.29, 0.717) is 0 Å². The number of rotatable bonds is 2. The molecule has 2 unspecified atom stereocenters. The summed E-state index contributed by atoms with van der Waals surface area (Å²) in [5, 5.41) is 3.21. The number of ether oxygens (including phenoxy) is 1. The van der Waals surface area contributed by atoms with E-state index in [9.17, 15) is 4.79 Å². The summed E-state index contributed by atoms with van der Waals surface area (Å²) in [5.41, 5.74) is 5.59. The molecule has 0 aromatic heterocycles. The maximum Gasteiger partial charge on any atom is 0.227 e. The summed E-state index contributed by atoms with van der Waals surface area (Å²) in [4.78, 5) is 12.4. The van der Waals surface area contributed by atoms with Crippen LogP contribution in [-0.2, 0) is 9.53 Å². The molecule has 4 heteroatoms. The molecule has 2 atom stereocenters. The highest BCUT2D eigenvalue weighted by Crippen LogP contribution is 2.37. The standard InChI is InChI=1S/C13H24N2O2/c1-12(6-8-17-9-7-12)15-11(16)13(2)5-3-4-10(13)14/h10H,3-9,14H2,1-2H3,(H,15,16). The Balaban J connectivity index is 2.00. The van der Waals surface area contributed by atoms with Crippen molar-refractivity contribution in [3.05, 3.63) is 0 Å². The molecule has 0 radical (unpaired) electrons. The first-order valence-electron chi connectivity index (χ1n) is 6.62. The molecule has 2 aliphatic rings. The Morgan fingerprint density at radius 3 is 2.47 bits per heavy atom. The zero-order valence-electron chi connectivity index (χ0n) is 10.9. The van der Waals surface area contributed by atoms with Gasteiger partial charge in [-0.3, -0.25) is 4.79 Å². The molecular formula is C13H24N2O2. The van der Waals surface area contributed by atoms with E-state index < -0.39 is 0 Å². The van der Waals surface area contributed by atoms with Gasteiger partial charge in [-0.1, -0.05) is 6.42 Å². The maximum atomic E-state index is 12.4. The minimum absolute atomic E-state index is 0.00550. The van der Waals surface area contributed by atoms with Crippen LogP contribution < -0.4 is 11.1 Å².